The number of nitrogens with one attached hydrogen (secondary N) is 3. The number of hydrogen-bond acceptors (Lipinski definition) is 9. The second-order valence-electron chi connectivity index (χ2n) is 9.07. The molecule has 4 atom stereocenters. The third-order valence-corrected chi connectivity index (χ3v) is 7.72. The zero-order valence-electron chi connectivity index (χ0n) is 18.1. The quantitative estimate of drug-likeness (QED) is 0.307. The number of aliphatic hydroxyl groups excluding tert-OH is 3. The molecule has 0 aliphatic heterocycles. The van der Waals surface area contributed by atoms with Gasteiger partial charge in [0.25, 0.3) is 5.56 Å². The summed E-state index contributed by atoms with van der Waals surface area (Å²) in [6.07, 6.45) is 1.33. The van der Waals surface area contributed by atoms with Gasteiger partial charge in [-0.3, -0.25) is 9.78 Å². The molecule has 2 heterocycles. The summed E-state index contributed by atoms with van der Waals surface area (Å²) in [5.74, 6) is 0.214. The fraction of sp³-hybridized carbons (Fsp3) is 0.500. The van der Waals surface area contributed by atoms with Crippen molar-refractivity contribution in [1.29, 1.82) is 0 Å². The lowest BCUT2D eigenvalue weighted by Crippen LogP contribution is -2.43. The lowest BCUT2D eigenvalue weighted by molar-refractivity contribution is 0.00446. The molecule has 0 bridgehead atoms. The van der Waals surface area contributed by atoms with Crippen LogP contribution in [0.25, 0.3) is 20.8 Å². The summed E-state index contributed by atoms with van der Waals surface area (Å²) < 4.78 is 0.952. The monoisotopic (exact) mass is 493 g/mol. The maximum atomic E-state index is 13.2. The molecule has 0 amide bonds. The molecule has 0 unspecified atom stereocenters. The molecule has 9 nitrogen and oxygen atoms in total. The van der Waals surface area contributed by atoms with E-state index < -0.39 is 24.2 Å². The van der Waals surface area contributed by atoms with Gasteiger partial charge in [0.1, 0.15) is 22.5 Å². The van der Waals surface area contributed by atoms with Crippen molar-refractivity contribution in [3.8, 4) is 10.6 Å². The molecule has 5 rings (SSSR count). The number of halogens is 1. The highest BCUT2D eigenvalue weighted by molar-refractivity contribution is 7.21. The average Bonchev–Trinajstić information content (AvgIpc) is 3.28. The summed E-state index contributed by atoms with van der Waals surface area (Å²) in [6.45, 7) is 1.86. The van der Waals surface area contributed by atoms with Gasteiger partial charge in [0.2, 0.25) is 5.95 Å². The summed E-state index contributed by atoms with van der Waals surface area (Å²) >= 11 is 1.39. The molecular formula is C22H28ClN5O4S. The Morgan fingerprint density at radius 1 is 1.21 bits per heavy atom. The molecule has 2 saturated carbocycles. The first kappa shape index (κ1) is 23.9. The van der Waals surface area contributed by atoms with E-state index in [4.69, 9.17) is 0 Å². The molecule has 33 heavy (non-hydrogen) atoms. The number of H-pyrrole nitrogens is 1. The summed E-state index contributed by atoms with van der Waals surface area (Å²) in [5.41, 5.74) is 0.636. The van der Waals surface area contributed by atoms with Crippen LogP contribution in [-0.2, 0) is 0 Å². The molecule has 178 valence electrons. The molecule has 0 spiro atoms. The summed E-state index contributed by atoms with van der Waals surface area (Å²) in [7, 11) is 0. The number of nitrogens with zero attached hydrogens (tertiary/aromatic N) is 2. The topological polar surface area (TPSA) is 143 Å². The number of thiazole rings is 1. The fourth-order valence-corrected chi connectivity index (χ4v) is 5.57. The highest BCUT2D eigenvalue weighted by Crippen LogP contribution is 2.37. The van der Waals surface area contributed by atoms with Gasteiger partial charge in [0, 0.05) is 18.1 Å². The predicted molar refractivity (Wildman–Crippen MR) is 131 cm³/mol. The molecule has 3 aromatic rings. The van der Waals surface area contributed by atoms with Crippen LogP contribution in [0.2, 0.25) is 0 Å². The highest BCUT2D eigenvalue weighted by atomic mass is 35.5. The number of hydrogen-bond donors (Lipinski definition) is 6. The minimum Gasteiger partial charge on any atom is -0.396 e. The van der Waals surface area contributed by atoms with Crippen LogP contribution in [0.5, 0.6) is 0 Å². The Balaban J connectivity index is 0.00000259. The van der Waals surface area contributed by atoms with Gasteiger partial charge in [0.05, 0.1) is 22.4 Å². The molecule has 11 heteroatoms. The van der Waals surface area contributed by atoms with Crippen molar-refractivity contribution in [2.75, 3.05) is 17.2 Å². The van der Waals surface area contributed by atoms with Crippen LogP contribution in [0.15, 0.2) is 29.1 Å². The van der Waals surface area contributed by atoms with Gasteiger partial charge in [-0.1, -0.05) is 12.1 Å². The van der Waals surface area contributed by atoms with Crippen molar-refractivity contribution in [2.45, 2.75) is 56.4 Å². The fourth-order valence-electron chi connectivity index (χ4n) is 4.56. The lowest BCUT2D eigenvalue weighted by atomic mass is 9.79. The molecule has 6 N–H and O–H groups in total. The number of para-hydroxylation sites is 1. The van der Waals surface area contributed by atoms with E-state index in [9.17, 15) is 20.1 Å². The van der Waals surface area contributed by atoms with Crippen LogP contribution in [0.4, 0.5) is 11.8 Å². The maximum absolute atomic E-state index is 13.2. The average molecular weight is 494 g/mol. The first-order chi connectivity index (χ1) is 15.4. The second kappa shape index (κ2) is 9.19. The van der Waals surface area contributed by atoms with Crippen molar-refractivity contribution in [2.24, 2.45) is 5.92 Å². The summed E-state index contributed by atoms with van der Waals surface area (Å²) in [4.78, 5) is 25.3. The minimum absolute atomic E-state index is 0. The van der Waals surface area contributed by atoms with Crippen LogP contribution in [0.3, 0.4) is 0 Å². The first-order valence-corrected chi connectivity index (χ1v) is 11.7. The third kappa shape index (κ3) is 4.45. The largest absolute Gasteiger partial charge is 0.396 e. The number of aromatic amines is 1. The Bertz CT molecular complexity index is 1160. The standard InChI is InChI=1S/C22H27N5O4S.ClH/c1-22(7-4-8-22)27-21-25-18(23-13-9-11(10-28)16(29)17(13)30)15(19(31)26-21)20-24-12-5-2-3-6-14(12)32-20;/h2-3,5-6,11,13,16-17,28-30H,4,7-10H2,1H3,(H3,23,25,26,27,31);1H/t11-,13-,16-,17+;/m1./s1. The van der Waals surface area contributed by atoms with E-state index in [1.54, 1.807) is 0 Å². The van der Waals surface area contributed by atoms with Gasteiger partial charge in [-0.05, 0) is 44.7 Å². The number of benzene rings is 1. The molecule has 2 aliphatic carbocycles. The molecule has 0 saturated heterocycles. The zero-order chi connectivity index (χ0) is 22.5. The Labute approximate surface area is 200 Å². The van der Waals surface area contributed by atoms with Gasteiger partial charge in [0.15, 0.2) is 0 Å². The van der Waals surface area contributed by atoms with E-state index in [1.165, 1.54) is 11.3 Å². The van der Waals surface area contributed by atoms with Crippen molar-refractivity contribution >= 4 is 45.7 Å². The third-order valence-electron chi connectivity index (χ3n) is 6.66. The minimum atomic E-state index is -1.09. The van der Waals surface area contributed by atoms with E-state index in [2.05, 4.69) is 32.5 Å². The van der Waals surface area contributed by atoms with E-state index in [1.807, 2.05) is 24.3 Å². The van der Waals surface area contributed by atoms with Crippen molar-refractivity contribution in [1.82, 2.24) is 15.0 Å². The van der Waals surface area contributed by atoms with Gasteiger partial charge < -0.3 is 26.0 Å². The smallest absolute Gasteiger partial charge is 0.264 e. The number of anilines is 2. The van der Waals surface area contributed by atoms with Crippen LogP contribution in [0, 0.1) is 5.92 Å². The second-order valence-corrected chi connectivity index (χ2v) is 10.1. The van der Waals surface area contributed by atoms with Crippen LogP contribution < -0.4 is 16.2 Å². The van der Waals surface area contributed by atoms with Gasteiger partial charge in [-0.25, -0.2) is 4.98 Å². The Morgan fingerprint density at radius 3 is 2.61 bits per heavy atom. The summed E-state index contributed by atoms with van der Waals surface area (Å²) in [5, 5.41) is 37.3. The van der Waals surface area contributed by atoms with Crippen LogP contribution in [0.1, 0.15) is 32.6 Å². The predicted octanol–water partition coefficient (Wildman–Crippen LogP) is 2.34. The highest BCUT2D eigenvalue weighted by Gasteiger charge is 2.42. The summed E-state index contributed by atoms with van der Waals surface area (Å²) in [6, 6.07) is 7.09. The number of rotatable bonds is 6. The first-order valence-electron chi connectivity index (χ1n) is 10.9. The van der Waals surface area contributed by atoms with Crippen LogP contribution >= 0.6 is 23.7 Å². The zero-order valence-corrected chi connectivity index (χ0v) is 19.7. The molecule has 1 aromatic carbocycles. The molecule has 2 fully saturated rings. The van der Waals surface area contributed by atoms with E-state index in [0.717, 1.165) is 29.5 Å². The Hall–Kier alpha value is -2.24. The Morgan fingerprint density at radius 2 is 1.97 bits per heavy atom. The van der Waals surface area contributed by atoms with Crippen molar-refractivity contribution in [3.05, 3.63) is 34.6 Å². The van der Waals surface area contributed by atoms with Gasteiger partial charge >= 0.3 is 0 Å². The van der Waals surface area contributed by atoms with Crippen molar-refractivity contribution < 1.29 is 15.3 Å². The number of aliphatic hydroxyl groups is 3. The van der Waals surface area contributed by atoms with Crippen LogP contribution in [-0.4, -0.2) is 60.7 Å². The lowest BCUT2D eigenvalue weighted by Gasteiger charge is -2.39. The van der Waals surface area contributed by atoms with Crippen molar-refractivity contribution in [3.63, 3.8) is 0 Å². The number of fused-ring (bicyclic) bond motifs is 1. The maximum Gasteiger partial charge on any atom is 0.264 e. The van der Waals surface area contributed by atoms with Gasteiger partial charge in [-0.15, -0.1) is 23.7 Å². The normalized spacial score (nSPS) is 25.9. The SMILES string of the molecule is CC1(Nc2nc(N[C@@H]3C[C@H](CO)[C@@H](O)[C@H]3O)c(-c3nc4ccccc4s3)c(=O)[nH]2)CCC1.Cl. The molecule has 0 radical (unpaired) electrons. The van der Waals surface area contributed by atoms with Gasteiger partial charge in [-0.2, -0.15) is 4.98 Å². The van der Waals surface area contributed by atoms with E-state index >= 15 is 0 Å². The molecule has 2 aliphatic rings. The Kier molecular flexibility index (Phi) is 6.66. The molecule has 2 aromatic heterocycles. The van der Waals surface area contributed by atoms with E-state index in [-0.39, 0.29) is 30.1 Å². The van der Waals surface area contributed by atoms with E-state index in [0.29, 0.717) is 28.8 Å². The molecular weight excluding hydrogens is 466 g/mol. The number of aromatic nitrogens is 3.